The summed E-state index contributed by atoms with van der Waals surface area (Å²) in [5.74, 6) is -1.49. The Morgan fingerprint density at radius 1 is 1.22 bits per heavy atom. The molecule has 0 unspecified atom stereocenters. The largest absolute Gasteiger partial charge is 0.353 e. The maximum absolute atomic E-state index is 12.4. The summed E-state index contributed by atoms with van der Waals surface area (Å²) in [5, 5.41) is 2.61. The van der Waals surface area contributed by atoms with Crippen molar-refractivity contribution < 1.29 is 18.0 Å². The number of nitrogens with zero attached hydrogens (tertiary/aromatic N) is 1. The summed E-state index contributed by atoms with van der Waals surface area (Å²) in [6.45, 7) is 6.35. The first-order valence-corrected chi connectivity index (χ1v) is 9.32. The van der Waals surface area contributed by atoms with E-state index in [9.17, 15) is 18.0 Å². The molecule has 0 atom stereocenters. The molecule has 1 aliphatic rings. The normalized spacial score (nSPS) is 15.4. The molecule has 1 heterocycles. The average molecular weight is 338 g/mol. The van der Waals surface area contributed by atoms with Crippen LogP contribution in [0.25, 0.3) is 0 Å². The molecule has 1 fully saturated rings. The van der Waals surface area contributed by atoms with Crippen LogP contribution in [0.15, 0.2) is 12.1 Å². The second-order valence-corrected chi connectivity index (χ2v) is 8.14. The Balaban J connectivity index is 2.10. The molecule has 0 saturated carbocycles. The van der Waals surface area contributed by atoms with Gasteiger partial charge in [0.1, 0.15) is 5.75 Å². The van der Waals surface area contributed by atoms with E-state index in [0.29, 0.717) is 13.1 Å². The third-order valence-electron chi connectivity index (χ3n) is 3.94. The van der Waals surface area contributed by atoms with E-state index >= 15 is 0 Å². The molecule has 2 rings (SSSR count). The van der Waals surface area contributed by atoms with Gasteiger partial charge in [0.05, 0.1) is 12.3 Å². The fraction of sp³-hybridized carbons (Fsp3) is 0.500. The topological polar surface area (TPSA) is 83.6 Å². The van der Waals surface area contributed by atoms with Crippen molar-refractivity contribution in [1.29, 1.82) is 0 Å². The van der Waals surface area contributed by atoms with Gasteiger partial charge in [-0.3, -0.25) is 9.59 Å². The van der Waals surface area contributed by atoms with Gasteiger partial charge in [0, 0.05) is 13.1 Å². The zero-order valence-corrected chi connectivity index (χ0v) is 14.5. The minimum absolute atomic E-state index is 0.0725. The molecule has 1 aromatic carbocycles. The molecule has 0 radical (unpaired) electrons. The summed E-state index contributed by atoms with van der Waals surface area (Å²) < 4.78 is 24.8. The van der Waals surface area contributed by atoms with Gasteiger partial charge in [-0.1, -0.05) is 17.7 Å². The van der Waals surface area contributed by atoms with Gasteiger partial charge in [-0.2, -0.15) is 0 Å². The maximum Gasteiger partial charge on any atom is 0.239 e. The van der Waals surface area contributed by atoms with Gasteiger partial charge in [-0.25, -0.2) is 8.42 Å². The van der Waals surface area contributed by atoms with E-state index in [0.717, 1.165) is 22.3 Å². The Hall–Kier alpha value is -1.89. The Morgan fingerprint density at radius 2 is 1.83 bits per heavy atom. The number of amides is 2. The highest BCUT2D eigenvalue weighted by molar-refractivity contribution is 7.91. The SMILES string of the molecule is Cc1cc(C)c(CS(=O)(=O)CC(=O)N2CCNC(=O)C2)c(C)c1. The van der Waals surface area contributed by atoms with Gasteiger partial charge in [-0.15, -0.1) is 0 Å². The van der Waals surface area contributed by atoms with E-state index < -0.39 is 21.5 Å². The minimum Gasteiger partial charge on any atom is -0.353 e. The maximum atomic E-state index is 12.4. The molecular weight excluding hydrogens is 316 g/mol. The van der Waals surface area contributed by atoms with Crippen molar-refractivity contribution in [3.63, 3.8) is 0 Å². The van der Waals surface area contributed by atoms with E-state index in [-0.39, 0.29) is 18.2 Å². The summed E-state index contributed by atoms with van der Waals surface area (Å²) >= 11 is 0. The Bertz CT molecular complexity index is 717. The number of aryl methyl sites for hydroxylation is 3. The molecular formula is C16H22N2O4S. The van der Waals surface area contributed by atoms with Crippen molar-refractivity contribution in [2.75, 3.05) is 25.4 Å². The lowest BCUT2D eigenvalue weighted by molar-refractivity contribution is -0.136. The lowest BCUT2D eigenvalue weighted by atomic mass is 10.0. The zero-order chi connectivity index (χ0) is 17.2. The first-order valence-electron chi connectivity index (χ1n) is 7.49. The lowest BCUT2D eigenvalue weighted by Crippen LogP contribution is -2.51. The van der Waals surface area contributed by atoms with Crippen molar-refractivity contribution >= 4 is 21.7 Å². The molecule has 2 amide bonds. The number of carbonyl (C=O) groups is 2. The van der Waals surface area contributed by atoms with Crippen LogP contribution in [0.1, 0.15) is 22.3 Å². The molecule has 0 spiro atoms. The van der Waals surface area contributed by atoms with Crippen LogP contribution in [0, 0.1) is 20.8 Å². The number of rotatable bonds is 4. The van der Waals surface area contributed by atoms with Crippen molar-refractivity contribution in [2.45, 2.75) is 26.5 Å². The Labute approximate surface area is 136 Å². The summed E-state index contributed by atoms with van der Waals surface area (Å²) in [7, 11) is -3.58. The van der Waals surface area contributed by atoms with Crippen LogP contribution in [0.4, 0.5) is 0 Å². The standard InChI is InChI=1S/C16H22N2O4S/c1-11-6-12(2)14(13(3)7-11)9-23(21,22)10-16(20)18-5-4-17-15(19)8-18/h6-7H,4-5,8-10H2,1-3H3,(H,17,19). The van der Waals surface area contributed by atoms with Gasteiger partial charge < -0.3 is 10.2 Å². The summed E-state index contributed by atoms with van der Waals surface area (Å²) in [6, 6.07) is 3.88. The van der Waals surface area contributed by atoms with Crippen molar-refractivity contribution in [3.05, 3.63) is 34.4 Å². The second-order valence-electron chi connectivity index (χ2n) is 6.07. The molecule has 1 aliphatic heterocycles. The summed E-state index contributed by atoms with van der Waals surface area (Å²) in [5.41, 5.74) is 3.66. The smallest absolute Gasteiger partial charge is 0.239 e. The fourth-order valence-electron chi connectivity index (χ4n) is 2.84. The molecule has 126 valence electrons. The number of carbonyl (C=O) groups excluding carboxylic acids is 2. The number of benzene rings is 1. The molecule has 0 bridgehead atoms. The van der Waals surface area contributed by atoms with Gasteiger partial charge in [0.25, 0.3) is 0 Å². The van der Waals surface area contributed by atoms with Crippen molar-refractivity contribution in [2.24, 2.45) is 0 Å². The highest BCUT2D eigenvalue weighted by Crippen LogP contribution is 2.19. The first-order chi connectivity index (χ1) is 10.7. The minimum atomic E-state index is -3.58. The van der Waals surface area contributed by atoms with Gasteiger partial charge in [0.2, 0.25) is 11.8 Å². The molecule has 1 aromatic rings. The quantitative estimate of drug-likeness (QED) is 0.866. The number of hydrogen-bond acceptors (Lipinski definition) is 4. The highest BCUT2D eigenvalue weighted by Gasteiger charge is 2.26. The Morgan fingerprint density at radius 3 is 2.39 bits per heavy atom. The number of nitrogens with one attached hydrogen (secondary N) is 1. The number of piperazine rings is 1. The first kappa shape index (κ1) is 17.5. The number of sulfone groups is 1. The third kappa shape index (κ3) is 4.54. The number of hydrogen-bond donors (Lipinski definition) is 1. The molecule has 7 heteroatoms. The van der Waals surface area contributed by atoms with Crippen LogP contribution in [-0.4, -0.2) is 50.5 Å². The molecule has 1 N–H and O–H groups in total. The molecule has 23 heavy (non-hydrogen) atoms. The predicted octanol–water partition coefficient (Wildman–Crippen LogP) is 0.485. The van der Waals surface area contributed by atoms with Gasteiger partial charge in [-0.05, 0) is 37.5 Å². The fourth-order valence-corrected chi connectivity index (χ4v) is 4.40. The van der Waals surface area contributed by atoms with Crippen molar-refractivity contribution in [1.82, 2.24) is 10.2 Å². The van der Waals surface area contributed by atoms with Crippen LogP contribution in [0.3, 0.4) is 0 Å². The molecule has 6 nitrogen and oxygen atoms in total. The van der Waals surface area contributed by atoms with Crippen LogP contribution < -0.4 is 5.32 Å². The van der Waals surface area contributed by atoms with Crippen LogP contribution in [0.2, 0.25) is 0 Å². The van der Waals surface area contributed by atoms with Crippen LogP contribution >= 0.6 is 0 Å². The molecule has 1 saturated heterocycles. The third-order valence-corrected chi connectivity index (χ3v) is 5.35. The van der Waals surface area contributed by atoms with Gasteiger partial charge >= 0.3 is 0 Å². The summed E-state index contributed by atoms with van der Waals surface area (Å²) in [4.78, 5) is 24.7. The van der Waals surface area contributed by atoms with Gasteiger partial charge in [0.15, 0.2) is 9.84 Å². The second kappa shape index (κ2) is 6.70. The van der Waals surface area contributed by atoms with Crippen LogP contribution in [-0.2, 0) is 25.2 Å². The van der Waals surface area contributed by atoms with Crippen molar-refractivity contribution in [3.8, 4) is 0 Å². The monoisotopic (exact) mass is 338 g/mol. The van der Waals surface area contributed by atoms with E-state index in [4.69, 9.17) is 0 Å². The van der Waals surface area contributed by atoms with E-state index in [1.165, 1.54) is 4.90 Å². The predicted molar refractivity (Wildman–Crippen MR) is 87.7 cm³/mol. The highest BCUT2D eigenvalue weighted by atomic mass is 32.2. The van der Waals surface area contributed by atoms with E-state index in [1.807, 2.05) is 32.9 Å². The zero-order valence-electron chi connectivity index (χ0n) is 13.7. The van der Waals surface area contributed by atoms with Crippen LogP contribution in [0.5, 0.6) is 0 Å². The van der Waals surface area contributed by atoms with E-state index in [1.54, 1.807) is 0 Å². The lowest BCUT2D eigenvalue weighted by Gasteiger charge is -2.26. The molecule has 0 aliphatic carbocycles. The summed E-state index contributed by atoms with van der Waals surface area (Å²) in [6.07, 6.45) is 0. The average Bonchev–Trinajstić information content (AvgIpc) is 2.42. The molecule has 0 aromatic heterocycles. The Kier molecular flexibility index (Phi) is 5.09. The van der Waals surface area contributed by atoms with E-state index in [2.05, 4.69) is 5.32 Å².